The van der Waals surface area contributed by atoms with E-state index in [-0.39, 0.29) is 41.4 Å². The highest BCUT2D eigenvalue weighted by atomic mass is 35.5. The van der Waals surface area contributed by atoms with E-state index in [2.05, 4.69) is 9.88 Å². The maximum absolute atomic E-state index is 15.6. The van der Waals surface area contributed by atoms with Crippen LogP contribution < -0.4 is 14.2 Å². The van der Waals surface area contributed by atoms with Gasteiger partial charge in [0.05, 0.1) is 28.9 Å². The first-order valence-electron chi connectivity index (χ1n) is 14.6. The third-order valence-corrected chi connectivity index (χ3v) is 8.01. The van der Waals surface area contributed by atoms with Gasteiger partial charge in [-0.05, 0) is 54.7 Å². The van der Waals surface area contributed by atoms with Gasteiger partial charge in [0, 0.05) is 49.2 Å². The number of pyridine rings is 1. The molecular formula is C35H33ClFN3O5. The molecule has 8 nitrogen and oxygen atoms in total. The molecule has 1 aromatic heterocycles. The average Bonchev–Trinajstić information content (AvgIpc) is 3.47. The van der Waals surface area contributed by atoms with Crippen molar-refractivity contribution in [3.8, 4) is 34.4 Å². The maximum atomic E-state index is 15.6. The van der Waals surface area contributed by atoms with Crippen molar-refractivity contribution >= 4 is 17.9 Å². The Balaban J connectivity index is 1.26. The van der Waals surface area contributed by atoms with Crippen LogP contribution in [0.1, 0.15) is 45.5 Å². The van der Waals surface area contributed by atoms with E-state index in [9.17, 15) is 9.90 Å². The summed E-state index contributed by atoms with van der Waals surface area (Å²) in [5.74, 6) is 0.352. The van der Waals surface area contributed by atoms with Gasteiger partial charge in [0.2, 0.25) is 0 Å². The molecule has 1 N–H and O–H groups in total. The molecule has 0 spiro atoms. The second-order valence-corrected chi connectivity index (χ2v) is 11.3. The summed E-state index contributed by atoms with van der Waals surface area (Å²) in [7, 11) is 0. The Bertz CT molecular complexity index is 1710. The predicted molar refractivity (Wildman–Crippen MR) is 168 cm³/mol. The number of benzene rings is 3. The molecule has 1 aliphatic rings. The van der Waals surface area contributed by atoms with E-state index in [0.717, 1.165) is 37.1 Å². The van der Waals surface area contributed by atoms with Crippen LogP contribution in [-0.2, 0) is 13.2 Å². The normalized spacial score (nSPS) is 14.6. The van der Waals surface area contributed by atoms with Crippen LogP contribution in [0, 0.1) is 24.1 Å². The molecule has 1 aliphatic heterocycles. The minimum Gasteiger partial charge on any atom is -0.490 e. The number of halogens is 2. The summed E-state index contributed by atoms with van der Waals surface area (Å²) in [6.45, 7) is 4.83. The van der Waals surface area contributed by atoms with Gasteiger partial charge < -0.3 is 24.2 Å². The number of carbonyl (C=O) groups excluding carboxylic acids is 1. The number of likely N-dealkylation sites (tertiary alicyclic amines) is 1. The number of hydrogen-bond donors (Lipinski definition) is 1. The molecule has 0 saturated carbocycles. The van der Waals surface area contributed by atoms with E-state index < -0.39 is 5.82 Å². The Labute approximate surface area is 266 Å². The summed E-state index contributed by atoms with van der Waals surface area (Å²) in [6, 6.07) is 17.4. The third-order valence-electron chi connectivity index (χ3n) is 7.72. The van der Waals surface area contributed by atoms with Crippen LogP contribution in [0.25, 0.3) is 11.1 Å². The predicted octanol–water partition coefficient (Wildman–Crippen LogP) is 6.53. The van der Waals surface area contributed by atoms with E-state index >= 15 is 4.39 Å². The van der Waals surface area contributed by atoms with Gasteiger partial charge in [-0.1, -0.05) is 41.9 Å². The van der Waals surface area contributed by atoms with Crippen LogP contribution in [0.2, 0.25) is 5.02 Å². The van der Waals surface area contributed by atoms with Gasteiger partial charge in [0.1, 0.15) is 30.8 Å². The fourth-order valence-electron chi connectivity index (χ4n) is 5.27. The van der Waals surface area contributed by atoms with Crippen LogP contribution in [0.4, 0.5) is 4.39 Å². The fourth-order valence-corrected chi connectivity index (χ4v) is 5.50. The van der Waals surface area contributed by atoms with Gasteiger partial charge in [-0.3, -0.25) is 9.78 Å². The van der Waals surface area contributed by atoms with Gasteiger partial charge in [-0.2, -0.15) is 5.26 Å². The molecule has 10 heteroatoms. The van der Waals surface area contributed by atoms with Crippen molar-refractivity contribution in [3.05, 3.63) is 106 Å². The van der Waals surface area contributed by atoms with Crippen molar-refractivity contribution in [2.24, 2.45) is 0 Å². The molecular weight excluding hydrogens is 597 g/mol. The van der Waals surface area contributed by atoms with E-state index in [1.807, 2.05) is 31.2 Å². The number of β-amino-alcohol motifs (C(OH)–C–C–N with tert-alkyl or cyclic N) is 1. The summed E-state index contributed by atoms with van der Waals surface area (Å²) in [4.78, 5) is 17.9. The first-order valence-corrected chi connectivity index (χ1v) is 15.0. The number of hydrogen-bond acceptors (Lipinski definition) is 8. The monoisotopic (exact) mass is 629 g/mol. The van der Waals surface area contributed by atoms with Crippen molar-refractivity contribution in [2.45, 2.75) is 39.1 Å². The van der Waals surface area contributed by atoms with Crippen molar-refractivity contribution in [3.63, 3.8) is 0 Å². The lowest BCUT2D eigenvalue weighted by Crippen LogP contribution is -2.24. The number of carbonyl (C=O) groups is 1. The molecule has 45 heavy (non-hydrogen) atoms. The lowest BCUT2D eigenvalue weighted by atomic mass is 9.96. The van der Waals surface area contributed by atoms with Crippen LogP contribution in [0.15, 0.2) is 67.0 Å². The maximum Gasteiger partial charge on any atom is 0.172 e. The minimum absolute atomic E-state index is 0.0858. The molecule has 232 valence electrons. The number of ether oxygens (including phenoxy) is 3. The second kappa shape index (κ2) is 15.0. The Hall–Kier alpha value is -4.49. The SMILES string of the molecule is Cc1c(COc2cc(OCc3cncc(C#N)c3)c(C=O)cc2Cl)cccc1-c1cccc(OCCCN2CCC(O)C2)c1F. The zero-order chi connectivity index (χ0) is 31.8. The molecule has 3 aromatic carbocycles. The molecule has 1 fully saturated rings. The zero-order valence-corrected chi connectivity index (χ0v) is 25.6. The van der Waals surface area contributed by atoms with Crippen LogP contribution in [0.5, 0.6) is 17.2 Å². The van der Waals surface area contributed by atoms with Crippen molar-refractivity contribution in [1.82, 2.24) is 9.88 Å². The first-order chi connectivity index (χ1) is 21.9. The highest BCUT2D eigenvalue weighted by Gasteiger charge is 2.20. The van der Waals surface area contributed by atoms with Crippen molar-refractivity contribution in [1.29, 1.82) is 5.26 Å². The summed E-state index contributed by atoms with van der Waals surface area (Å²) in [6.07, 6.45) is 4.94. The molecule has 2 heterocycles. The molecule has 1 atom stereocenters. The number of nitrogens with zero attached hydrogens (tertiary/aromatic N) is 3. The number of aliphatic hydroxyl groups is 1. The molecule has 0 radical (unpaired) electrons. The standard InChI is InChI=1S/C35H33ClFN3O5/c1-23-26(22-45-34-15-33(27(20-41)14-31(34)36)44-21-25-13-24(16-38)17-39-18-25)5-2-6-29(23)30-7-3-8-32(35(30)37)43-12-4-10-40-11-9-28(42)19-40/h2-3,5-8,13-15,17-18,20,28,42H,4,9-12,19,21-22H2,1H3. The minimum atomic E-state index is -0.431. The summed E-state index contributed by atoms with van der Waals surface area (Å²) >= 11 is 6.44. The van der Waals surface area contributed by atoms with Crippen molar-refractivity contribution < 1.29 is 28.5 Å². The molecule has 0 amide bonds. The number of aromatic nitrogens is 1. The van der Waals surface area contributed by atoms with Gasteiger partial charge in [-0.15, -0.1) is 0 Å². The molecule has 1 saturated heterocycles. The number of aliphatic hydroxyl groups excluding tert-OH is 1. The van der Waals surface area contributed by atoms with Gasteiger partial charge in [0.25, 0.3) is 0 Å². The lowest BCUT2D eigenvalue weighted by Gasteiger charge is -2.17. The Morgan fingerprint density at radius 1 is 1.07 bits per heavy atom. The quantitative estimate of drug-likeness (QED) is 0.132. The number of rotatable bonds is 13. The largest absolute Gasteiger partial charge is 0.490 e. The van der Waals surface area contributed by atoms with E-state index in [1.165, 1.54) is 12.3 Å². The van der Waals surface area contributed by atoms with Gasteiger partial charge >= 0.3 is 0 Å². The highest BCUT2D eigenvalue weighted by molar-refractivity contribution is 6.32. The number of nitriles is 1. The van der Waals surface area contributed by atoms with E-state index in [0.29, 0.717) is 47.4 Å². The molecule has 0 aliphatic carbocycles. The van der Waals surface area contributed by atoms with Crippen LogP contribution in [-0.4, -0.2) is 53.6 Å². The fraction of sp³-hybridized carbons (Fsp3) is 0.286. The third kappa shape index (κ3) is 7.97. The van der Waals surface area contributed by atoms with Gasteiger partial charge in [0.15, 0.2) is 17.9 Å². The Morgan fingerprint density at radius 3 is 2.64 bits per heavy atom. The smallest absolute Gasteiger partial charge is 0.172 e. The van der Waals surface area contributed by atoms with Crippen LogP contribution in [0.3, 0.4) is 0 Å². The summed E-state index contributed by atoms with van der Waals surface area (Å²) < 4.78 is 33.4. The van der Waals surface area contributed by atoms with E-state index in [1.54, 1.807) is 36.5 Å². The van der Waals surface area contributed by atoms with Crippen molar-refractivity contribution in [2.75, 3.05) is 26.2 Å². The van der Waals surface area contributed by atoms with E-state index in [4.69, 9.17) is 31.1 Å². The Kier molecular flexibility index (Phi) is 10.6. The molecule has 5 rings (SSSR count). The Morgan fingerprint density at radius 2 is 1.87 bits per heavy atom. The zero-order valence-electron chi connectivity index (χ0n) is 24.8. The summed E-state index contributed by atoms with van der Waals surface area (Å²) in [5, 5.41) is 19.0. The first kappa shape index (κ1) is 31.9. The molecule has 4 aromatic rings. The number of aldehydes is 1. The van der Waals surface area contributed by atoms with Crippen LogP contribution >= 0.6 is 11.6 Å². The molecule has 1 unspecified atom stereocenters. The topological polar surface area (TPSA) is 105 Å². The summed E-state index contributed by atoms with van der Waals surface area (Å²) in [5.41, 5.74) is 4.12. The average molecular weight is 630 g/mol. The van der Waals surface area contributed by atoms with Gasteiger partial charge in [-0.25, -0.2) is 4.39 Å². The highest BCUT2D eigenvalue weighted by Crippen LogP contribution is 2.35. The lowest BCUT2D eigenvalue weighted by molar-refractivity contribution is 0.111. The second-order valence-electron chi connectivity index (χ2n) is 10.9. The molecule has 0 bridgehead atoms.